The summed E-state index contributed by atoms with van der Waals surface area (Å²) in [6, 6.07) is 0. The normalized spacial score (nSPS) is 16.1. The Morgan fingerprint density at radius 1 is 1.42 bits per heavy atom. The first-order valence-electron chi connectivity index (χ1n) is 8.71. The maximum Gasteiger partial charge on any atom is 0.193 e. The fraction of sp³-hybridized carbons (Fsp3) is 0.765. The molecule has 1 aliphatic rings. The Labute approximate surface area is 167 Å². The lowest BCUT2D eigenvalue weighted by molar-refractivity contribution is 0.0264. The van der Waals surface area contributed by atoms with E-state index in [0.29, 0.717) is 6.10 Å². The van der Waals surface area contributed by atoms with Gasteiger partial charge in [0.1, 0.15) is 0 Å². The predicted octanol–water partition coefficient (Wildman–Crippen LogP) is 3.47. The fourth-order valence-corrected chi connectivity index (χ4v) is 3.74. The molecular formula is C17H31IN4OS. The number of hydrogen-bond donors (Lipinski definition) is 1. The zero-order valence-corrected chi connectivity index (χ0v) is 18.2. The first kappa shape index (κ1) is 21.6. The van der Waals surface area contributed by atoms with Gasteiger partial charge in [0.05, 0.1) is 11.1 Å². The molecule has 0 amide bonds. The molecule has 0 unspecified atom stereocenters. The minimum absolute atomic E-state index is 0. The number of ether oxygens (including phenoxy) is 1. The number of likely N-dealkylation sites (tertiary alicyclic amines) is 1. The van der Waals surface area contributed by atoms with Gasteiger partial charge in [-0.05, 0) is 46.0 Å². The van der Waals surface area contributed by atoms with Crippen molar-refractivity contribution in [1.29, 1.82) is 0 Å². The van der Waals surface area contributed by atoms with Gasteiger partial charge in [-0.15, -0.1) is 35.3 Å². The van der Waals surface area contributed by atoms with E-state index in [2.05, 4.69) is 39.4 Å². The van der Waals surface area contributed by atoms with E-state index >= 15 is 0 Å². The van der Waals surface area contributed by atoms with Crippen LogP contribution in [0.5, 0.6) is 0 Å². The zero-order valence-electron chi connectivity index (χ0n) is 15.1. The molecule has 7 heteroatoms. The van der Waals surface area contributed by atoms with Crippen molar-refractivity contribution in [3.63, 3.8) is 0 Å². The van der Waals surface area contributed by atoms with Crippen molar-refractivity contribution in [1.82, 2.24) is 15.2 Å². The van der Waals surface area contributed by atoms with Gasteiger partial charge < -0.3 is 15.0 Å². The third-order valence-corrected chi connectivity index (χ3v) is 5.15. The molecule has 0 aliphatic carbocycles. The summed E-state index contributed by atoms with van der Waals surface area (Å²) in [4.78, 5) is 11.3. The van der Waals surface area contributed by atoms with E-state index < -0.39 is 0 Å². The van der Waals surface area contributed by atoms with Gasteiger partial charge in [-0.1, -0.05) is 0 Å². The first-order valence-corrected chi connectivity index (χ1v) is 9.59. The Bertz CT molecular complexity index is 487. The summed E-state index contributed by atoms with van der Waals surface area (Å²) in [7, 11) is 1.87. The number of thiazole rings is 1. The van der Waals surface area contributed by atoms with E-state index in [1.807, 2.05) is 7.05 Å². The molecule has 1 aromatic heterocycles. The van der Waals surface area contributed by atoms with E-state index in [1.54, 1.807) is 11.3 Å². The van der Waals surface area contributed by atoms with Gasteiger partial charge in [0, 0.05) is 44.4 Å². The molecule has 0 saturated carbocycles. The predicted molar refractivity (Wildman–Crippen MR) is 113 cm³/mol. The van der Waals surface area contributed by atoms with Crippen LogP contribution in [0.15, 0.2) is 10.4 Å². The third kappa shape index (κ3) is 7.23. The first-order chi connectivity index (χ1) is 11.2. The van der Waals surface area contributed by atoms with Crippen LogP contribution in [0.1, 0.15) is 43.3 Å². The van der Waals surface area contributed by atoms with Crippen LogP contribution in [0, 0.1) is 6.92 Å². The van der Waals surface area contributed by atoms with Crippen molar-refractivity contribution >= 4 is 41.3 Å². The molecule has 5 nitrogen and oxygen atoms in total. The Morgan fingerprint density at radius 3 is 2.75 bits per heavy atom. The summed E-state index contributed by atoms with van der Waals surface area (Å²) in [5, 5.41) is 6.88. The van der Waals surface area contributed by atoms with Gasteiger partial charge in [-0.2, -0.15) is 0 Å². The van der Waals surface area contributed by atoms with E-state index in [9.17, 15) is 0 Å². The number of piperidine rings is 1. The molecule has 1 saturated heterocycles. The molecule has 2 heterocycles. The molecule has 1 aromatic rings. The average molecular weight is 466 g/mol. The number of hydrogen-bond acceptors (Lipinski definition) is 4. The average Bonchev–Trinajstić information content (AvgIpc) is 2.98. The van der Waals surface area contributed by atoms with Gasteiger partial charge in [0.2, 0.25) is 0 Å². The lowest BCUT2D eigenvalue weighted by Crippen LogP contribution is -2.47. The van der Waals surface area contributed by atoms with Crippen LogP contribution in [0.3, 0.4) is 0 Å². The van der Waals surface area contributed by atoms with Crippen LogP contribution in [0.4, 0.5) is 0 Å². The summed E-state index contributed by atoms with van der Waals surface area (Å²) < 4.78 is 5.71. The van der Waals surface area contributed by atoms with Crippen LogP contribution in [0.2, 0.25) is 0 Å². The van der Waals surface area contributed by atoms with Crippen LogP contribution < -0.4 is 5.32 Å². The van der Waals surface area contributed by atoms with Crippen LogP contribution >= 0.6 is 35.3 Å². The fourth-order valence-electron chi connectivity index (χ4n) is 2.92. The Balaban J connectivity index is 0.00000288. The molecule has 0 atom stereocenters. The van der Waals surface area contributed by atoms with Crippen LogP contribution in [-0.4, -0.2) is 55.2 Å². The molecule has 0 aromatic carbocycles. The summed E-state index contributed by atoms with van der Waals surface area (Å²) in [6.45, 7) is 7.98. The minimum atomic E-state index is 0. The second-order valence-corrected chi connectivity index (χ2v) is 6.90. The molecule has 24 heavy (non-hydrogen) atoms. The molecule has 0 bridgehead atoms. The van der Waals surface area contributed by atoms with E-state index in [0.717, 1.165) is 63.6 Å². The van der Waals surface area contributed by atoms with Gasteiger partial charge in [-0.3, -0.25) is 4.99 Å². The van der Waals surface area contributed by atoms with Crippen molar-refractivity contribution in [3.05, 3.63) is 16.1 Å². The molecule has 1 N–H and O–H groups in total. The summed E-state index contributed by atoms with van der Waals surface area (Å²) >= 11 is 1.77. The van der Waals surface area contributed by atoms with E-state index in [4.69, 9.17) is 4.74 Å². The highest BCUT2D eigenvalue weighted by atomic mass is 127. The highest BCUT2D eigenvalue weighted by Gasteiger charge is 2.21. The van der Waals surface area contributed by atoms with Crippen molar-refractivity contribution in [2.24, 2.45) is 4.99 Å². The molecule has 1 fully saturated rings. The lowest BCUT2D eigenvalue weighted by Gasteiger charge is -2.34. The number of aromatic nitrogens is 1. The van der Waals surface area contributed by atoms with Gasteiger partial charge >= 0.3 is 0 Å². The number of guanidine groups is 1. The zero-order chi connectivity index (χ0) is 16.5. The van der Waals surface area contributed by atoms with E-state index in [-0.39, 0.29) is 24.0 Å². The molecule has 0 radical (unpaired) electrons. The third-order valence-electron chi connectivity index (χ3n) is 4.12. The van der Waals surface area contributed by atoms with Gasteiger partial charge in [-0.25, -0.2) is 4.98 Å². The molecule has 2 rings (SSSR count). The van der Waals surface area contributed by atoms with Gasteiger partial charge in [0.15, 0.2) is 5.96 Å². The number of nitrogens with zero attached hydrogens (tertiary/aromatic N) is 3. The second kappa shape index (κ2) is 12.0. The minimum Gasteiger partial charge on any atom is -0.378 e. The van der Waals surface area contributed by atoms with Crippen molar-refractivity contribution in [2.45, 2.75) is 52.1 Å². The summed E-state index contributed by atoms with van der Waals surface area (Å²) in [5.74, 6) is 1.03. The maximum absolute atomic E-state index is 5.71. The smallest absolute Gasteiger partial charge is 0.193 e. The number of aryl methyl sites for hydroxylation is 2. The van der Waals surface area contributed by atoms with Gasteiger partial charge in [0.25, 0.3) is 0 Å². The molecule has 138 valence electrons. The molecule has 0 spiro atoms. The Kier molecular flexibility index (Phi) is 10.8. The Hall–Kier alpha value is -0.410. The quantitative estimate of drug-likeness (QED) is 0.290. The monoisotopic (exact) mass is 466 g/mol. The largest absolute Gasteiger partial charge is 0.378 e. The number of aliphatic imine (C=N–C) groups is 1. The van der Waals surface area contributed by atoms with Crippen LogP contribution in [-0.2, 0) is 11.2 Å². The lowest BCUT2D eigenvalue weighted by atomic mass is 10.1. The summed E-state index contributed by atoms with van der Waals surface area (Å²) in [5.41, 5.74) is 1.14. The van der Waals surface area contributed by atoms with Crippen molar-refractivity contribution in [3.8, 4) is 0 Å². The standard InChI is InChI=1S/C17H30N4OS.HI/c1-4-22-15-8-11-21(12-9-15)17(18-3)19-10-6-5-7-16-20-14(2)13-23-16;/h13,15H,4-12H2,1-3H3,(H,18,19);1H. The number of nitrogens with one attached hydrogen (secondary N) is 1. The molecule has 1 aliphatic heterocycles. The SMILES string of the molecule is CCOC1CCN(C(=NC)NCCCCc2nc(C)cs2)CC1.I. The molecular weight excluding hydrogens is 435 g/mol. The van der Waals surface area contributed by atoms with E-state index in [1.165, 1.54) is 11.4 Å². The highest BCUT2D eigenvalue weighted by Crippen LogP contribution is 2.14. The van der Waals surface area contributed by atoms with Crippen LogP contribution in [0.25, 0.3) is 0 Å². The van der Waals surface area contributed by atoms with Crippen molar-refractivity contribution in [2.75, 3.05) is 33.3 Å². The maximum atomic E-state index is 5.71. The number of halogens is 1. The number of unbranched alkanes of at least 4 members (excludes halogenated alkanes) is 1. The second-order valence-electron chi connectivity index (χ2n) is 5.96. The van der Waals surface area contributed by atoms with Crippen molar-refractivity contribution < 1.29 is 4.74 Å². The summed E-state index contributed by atoms with van der Waals surface area (Å²) in [6.07, 6.45) is 6.02. The highest BCUT2D eigenvalue weighted by molar-refractivity contribution is 14.0. The number of rotatable bonds is 7. The topological polar surface area (TPSA) is 49.8 Å². The Morgan fingerprint density at radius 2 is 2.17 bits per heavy atom.